The Hall–Kier alpha value is -1.85. The molecule has 0 aliphatic rings. The van der Waals surface area contributed by atoms with Crippen LogP contribution in [0, 0.1) is 0 Å². The highest BCUT2D eigenvalue weighted by atomic mass is 35.5. The standard InChI is InChI=1S/C14H17N3O2.ClH/c1-17-13(6-7-16-17)11-5-3-4-10(8-11)12(15)9-14(18)19-2;/h3-8,12H,9,15H2,1-2H3;1H/t12-;/m0./s1. The number of ether oxygens (including phenoxy) is 1. The Morgan fingerprint density at radius 2 is 2.20 bits per heavy atom. The van der Waals surface area contributed by atoms with Crippen molar-refractivity contribution in [2.45, 2.75) is 12.5 Å². The molecule has 0 bridgehead atoms. The largest absolute Gasteiger partial charge is 0.469 e. The topological polar surface area (TPSA) is 70.1 Å². The molecule has 0 aliphatic carbocycles. The van der Waals surface area contributed by atoms with Crippen LogP contribution in [0.1, 0.15) is 18.0 Å². The summed E-state index contributed by atoms with van der Waals surface area (Å²) < 4.78 is 6.43. The number of nitrogens with zero attached hydrogens (tertiary/aromatic N) is 2. The number of esters is 1. The van der Waals surface area contributed by atoms with Crippen molar-refractivity contribution >= 4 is 18.4 Å². The number of benzene rings is 1. The van der Waals surface area contributed by atoms with E-state index < -0.39 is 0 Å². The second-order valence-corrected chi connectivity index (χ2v) is 4.35. The minimum Gasteiger partial charge on any atom is -0.469 e. The Balaban J connectivity index is 0.00000200. The van der Waals surface area contributed by atoms with Gasteiger partial charge >= 0.3 is 5.97 Å². The first-order valence-corrected chi connectivity index (χ1v) is 6.02. The monoisotopic (exact) mass is 295 g/mol. The molecule has 20 heavy (non-hydrogen) atoms. The van der Waals surface area contributed by atoms with Gasteiger partial charge in [-0.1, -0.05) is 18.2 Å². The van der Waals surface area contributed by atoms with E-state index >= 15 is 0 Å². The number of hydrogen-bond acceptors (Lipinski definition) is 4. The summed E-state index contributed by atoms with van der Waals surface area (Å²) in [6.07, 6.45) is 1.92. The highest BCUT2D eigenvalue weighted by molar-refractivity contribution is 5.85. The number of carbonyl (C=O) groups excluding carboxylic acids is 1. The van der Waals surface area contributed by atoms with Gasteiger partial charge in [0, 0.05) is 24.8 Å². The molecule has 6 heteroatoms. The molecule has 2 N–H and O–H groups in total. The zero-order valence-electron chi connectivity index (χ0n) is 11.4. The third-order valence-electron chi connectivity index (χ3n) is 3.05. The lowest BCUT2D eigenvalue weighted by atomic mass is 10.0. The molecular weight excluding hydrogens is 278 g/mol. The van der Waals surface area contributed by atoms with Gasteiger partial charge in [0.05, 0.1) is 19.2 Å². The summed E-state index contributed by atoms with van der Waals surface area (Å²) in [5.41, 5.74) is 8.95. The van der Waals surface area contributed by atoms with Gasteiger partial charge in [0.15, 0.2) is 0 Å². The van der Waals surface area contributed by atoms with Crippen LogP contribution in [0.4, 0.5) is 0 Å². The van der Waals surface area contributed by atoms with Crippen LogP contribution >= 0.6 is 12.4 Å². The van der Waals surface area contributed by atoms with Crippen LogP contribution in [0.3, 0.4) is 0 Å². The van der Waals surface area contributed by atoms with Gasteiger partial charge < -0.3 is 10.5 Å². The number of hydrogen-bond donors (Lipinski definition) is 1. The van der Waals surface area contributed by atoms with Crippen LogP contribution < -0.4 is 5.73 Å². The van der Waals surface area contributed by atoms with E-state index in [-0.39, 0.29) is 30.8 Å². The first-order chi connectivity index (χ1) is 9.11. The highest BCUT2D eigenvalue weighted by Crippen LogP contribution is 2.23. The van der Waals surface area contributed by atoms with Crippen molar-refractivity contribution in [1.82, 2.24) is 9.78 Å². The highest BCUT2D eigenvalue weighted by Gasteiger charge is 2.13. The third-order valence-corrected chi connectivity index (χ3v) is 3.05. The Kier molecular flexibility index (Phi) is 5.73. The molecule has 0 spiro atoms. The normalized spacial score (nSPS) is 11.6. The van der Waals surface area contributed by atoms with Crippen LogP contribution in [-0.4, -0.2) is 22.9 Å². The molecule has 0 radical (unpaired) electrons. The van der Waals surface area contributed by atoms with Crippen molar-refractivity contribution in [2.75, 3.05) is 7.11 Å². The second-order valence-electron chi connectivity index (χ2n) is 4.35. The molecule has 5 nitrogen and oxygen atoms in total. The molecule has 0 aliphatic heterocycles. The van der Waals surface area contributed by atoms with Crippen LogP contribution in [-0.2, 0) is 16.6 Å². The number of aromatic nitrogens is 2. The predicted molar refractivity (Wildman–Crippen MR) is 79.5 cm³/mol. The maximum Gasteiger partial charge on any atom is 0.307 e. The molecule has 1 aromatic heterocycles. The summed E-state index contributed by atoms with van der Waals surface area (Å²) in [7, 11) is 3.25. The fraction of sp³-hybridized carbons (Fsp3) is 0.286. The van der Waals surface area contributed by atoms with Crippen molar-refractivity contribution in [1.29, 1.82) is 0 Å². The van der Waals surface area contributed by atoms with E-state index in [1.54, 1.807) is 10.9 Å². The molecule has 1 aromatic carbocycles. The zero-order chi connectivity index (χ0) is 13.8. The van der Waals surface area contributed by atoms with E-state index in [2.05, 4.69) is 9.84 Å². The van der Waals surface area contributed by atoms with E-state index in [4.69, 9.17) is 5.73 Å². The Labute approximate surface area is 124 Å². The zero-order valence-corrected chi connectivity index (χ0v) is 12.3. The Morgan fingerprint density at radius 1 is 1.45 bits per heavy atom. The van der Waals surface area contributed by atoms with Gasteiger partial charge in [-0.2, -0.15) is 5.10 Å². The quantitative estimate of drug-likeness (QED) is 0.877. The van der Waals surface area contributed by atoms with Crippen LogP contribution in [0.25, 0.3) is 11.3 Å². The fourth-order valence-electron chi connectivity index (χ4n) is 1.97. The Bertz CT molecular complexity index is 583. The van der Waals surface area contributed by atoms with Gasteiger partial charge in [-0.05, 0) is 17.7 Å². The average Bonchev–Trinajstić information content (AvgIpc) is 2.85. The second kappa shape index (κ2) is 7.07. The molecule has 0 amide bonds. The number of carbonyl (C=O) groups is 1. The number of aryl methyl sites for hydroxylation is 1. The molecule has 0 saturated carbocycles. The molecule has 0 saturated heterocycles. The van der Waals surface area contributed by atoms with Gasteiger partial charge in [0.2, 0.25) is 0 Å². The lowest BCUT2D eigenvalue weighted by Gasteiger charge is -2.12. The average molecular weight is 296 g/mol. The molecule has 0 unspecified atom stereocenters. The van der Waals surface area contributed by atoms with Gasteiger partial charge in [-0.25, -0.2) is 0 Å². The van der Waals surface area contributed by atoms with Gasteiger partial charge in [-0.3, -0.25) is 9.48 Å². The van der Waals surface area contributed by atoms with Crippen LogP contribution in [0.2, 0.25) is 0 Å². The summed E-state index contributed by atoms with van der Waals surface area (Å²) in [6.45, 7) is 0. The van der Waals surface area contributed by atoms with Crippen molar-refractivity contribution in [3.8, 4) is 11.3 Å². The summed E-state index contributed by atoms with van der Waals surface area (Å²) in [6, 6.07) is 9.38. The summed E-state index contributed by atoms with van der Waals surface area (Å²) in [5, 5.41) is 4.14. The van der Waals surface area contributed by atoms with Gasteiger partial charge in [0.1, 0.15) is 0 Å². The van der Waals surface area contributed by atoms with Crippen molar-refractivity contribution in [3.05, 3.63) is 42.1 Å². The summed E-state index contributed by atoms with van der Waals surface area (Å²) in [5.74, 6) is -0.307. The molecule has 1 heterocycles. The van der Waals surface area contributed by atoms with Crippen LogP contribution in [0.15, 0.2) is 36.5 Å². The lowest BCUT2D eigenvalue weighted by Crippen LogP contribution is -2.16. The van der Waals surface area contributed by atoms with Crippen molar-refractivity contribution in [2.24, 2.45) is 12.8 Å². The van der Waals surface area contributed by atoms with E-state index in [0.29, 0.717) is 0 Å². The predicted octanol–water partition coefficient (Wildman–Crippen LogP) is 2.07. The number of rotatable bonds is 4. The number of halogens is 1. The lowest BCUT2D eigenvalue weighted by molar-refractivity contribution is -0.141. The number of methoxy groups -OCH3 is 1. The Morgan fingerprint density at radius 3 is 2.80 bits per heavy atom. The number of nitrogens with two attached hydrogens (primary N) is 1. The maximum absolute atomic E-state index is 11.2. The molecule has 2 rings (SSSR count). The minimum absolute atomic E-state index is 0. The van der Waals surface area contributed by atoms with Gasteiger partial charge in [-0.15, -0.1) is 12.4 Å². The fourth-order valence-corrected chi connectivity index (χ4v) is 1.97. The van der Waals surface area contributed by atoms with E-state index in [9.17, 15) is 4.79 Å². The van der Waals surface area contributed by atoms with E-state index in [1.807, 2.05) is 37.4 Å². The van der Waals surface area contributed by atoms with Gasteiger partial charge in [0.25, 0.3) is 0 Å². The van der Waals surface area contributed by atoms with E-state index in [1.165, 1.54) is 7.11 Å². The van der Waals surface area contributed by atoms with Crippen LogP contribution in [0.5, 0.6) is 0 Å². The molecular formula is C14H18ClN3O2. The van der Waals surface area contributed by atoms with Crippen molar-refractivity contribution in [3.63, 3.8) is 0 Å². The van der Waals surface area contributed by atoms with E-state index in [0.717, 1.165) is 16.8 Å². The minimum atomic E-state index is -0.361. The smallest absolute Gasteiger partial charge is 0.307 e. The third kappa shape index (κ3) is 3.59. The maximum atomic E-state index is 11.2. The molecule has 1 atom stereocenters. The molecule has 0 fully saturated rings. The molecule has 2 aromatic rings. The first-order valence-electron chi connectivity index (χ1n) is 6.02. The summed E-state index contributed by atoms with van der Waals surface area (Å²) >= 11 is 0. The SMILES string of the molecule is COC(=O)C[C@H](N)c1cccc(-c2ccnn2C)c1.Cl. The van der Waals surface area contributed by atoms with Crippen molar-refractivity contribution < 1.29 is 9.53 Å². The first kappa shape index (κ1) is 16.2. The molecule has 108 valence electrons. The summed E-state index contributed by atoms with van der Waals surface area (Å²) in [4.78, 5) is 11.2.